The highest BCUT2D eigenvalue weighted by Gasteiger charge is 2.43. The fraction of sp³-hybridized carbons (Fsp3) is 0.895. The lowest BCUT2D eigenvalue weighted by molar-refractivity contribution is -0.0122. The van der Waals surface area contributed by atoms with Crippen LogP contribution in [0.25, 0.3) is 0 Å². The molecule has 3 unspecified atom stereocenters. The van der Waals surface area contributed by atoms with Gasteiger partial charge in [-0.15, -0.1) is 0 Å². The zero-order chi connectivity index (χ0) is 19.0. The molecule has 24 heavy (non-hydrogen) atoms. The van der Waals surface area contributed by atoms with E-state index in [9.17, 15) is 0 Å². The van der Waals surface area contributed by atoms with Gasteiger partial charge in [-0.05, 0) is 42.3 Å². The van der Waals surface area contributed by atoms with Crippen molar-refractivity contribution in [3.8, 4) is 0 Å². The Morgan fingerprint density at radius 2 is 1.42 bits per heavy atom. The second-order valence-electron chi connectivity index (χ2n) is 10.3. The van der Waals surface area contributed by atoms with Gasteiger partial charge in [0, 0.05) is 5.92 Å². The summed E-state index contributed by atoms with van der Waals surface area (Å²) in [6.07, 6.45) is 4.08. The van der Waals surface area contributed by atoms with Crippen LogP contribution in [0.15, 0.2) is 12.3 Å². The van der Waals surface area contributed by atoms with Gasteiger partial charge in [0.25, 0.3) is 0 Å². The first-order chi connectivity index (χ1) is 10.6. The lowest BCUT2D eigenvalue weighted by Crippen LogP contribution is -2.49. The second kappa shape index (κ2) is 7.25. The van der Waals surface area contributed by atoms with Crippen molar-refractivity contribution in [2.45, 2.75) is 96.9 Å². The van der Waals surface area contributed by atoms with Crippen molar-refractivity contribution in [2.24, 2.45) is 5.92 Å². The summed E-state index contributed by atoms with van der Waals surface area (Å²) in [6.45, 7) is 25.7. The third-order valence-electron chi connectivity index (χ3n) is 6.28. The van der Waals surface area contributed by atoms with Gasteiger partial charge in [0.1, 0.15) is 6.10 Å². The summed E-state index contributed by atoms with van der Waals surface area (Å²) in [5, 5.41) is 0.434. The molecule has 0 fully saturated rings. The summed E-state index contributed by atoms with van der Waals surface area (Å²) in [5.74, 6) is 0.300. The molecule has 3 atom stereocenters. The summed E-state index contributed by atoms with van der Waals surface area (Å²) in [4.78, 5) is 0. The number of rotatable bonds is 5. The molecule has 0 aromatic rings. The molecule has 142 valence electrons. The molecule has 0 saturated heterocycles. The Labute approximate surface area is 152 Å². The van der Waals surface area contributed by atoms with Crippen molar-refractivity contribution in [1.29, 1.82) is 0 Å². The van der Waals surface area contributed by atoms with E-state index in [1.165, 1.54) is 0 Å². The van der Waals surface area contributed by atoms with Gasteiger partial charge in [0.05, 0.1) is 19.0 Å². The number of hydrogen-bond acceptors (Lipinski definition) is 3. The van der Waals surface area contributed by atoms with Crippen molar-refractivity contribution < 1.29 is 13.6 Å². The Morgan fingerprint density at radius 1 is 0.917 bits per heavy atom. The summed E-state index contributed by atoms with van der Waals surface area (Å²) in [5.41, 5.74) is 0. The summed E-state index contributed by atoms with van der Waals surface area (Å²) < 4.78 is 18.9. The minimum absolute atomic E-state index is 0.0684. The summed E-state index contributed by atoms with van der Waals surface area (Å²) in [7, 11) is -3.55. The maximum Gasteiger partial charge on any atom is 0.192 e. The van der Waals surface area contributed by atoms with Crippen LogP contribution in [-0.4, -0.2) is 35.4 Å². The zero-order valence-electron chi connectivity index (χ0n) is 17.8. The van der Waals surface area contributed by atoms with Crippen LogP contribution >= 0.6 is 0 Å². The van der Waals surface area contributed by atoms with Crippen molar-refractivity contribution >= 4 is 16.6 Å². The first-order valence-electron chi connectivity index (χ1n) is 9.22. The second-order valence-corrected chi connectivity index (χ2v) is 19.8. The van der Waals surface area contributed by atoms with E-state index < -0.39 is 16.6 Å². The first kappa shape index (κ1) is 21.9. The topological polar surface area (TPSA) is 27.7 Å². The molecule has 0 aromatic carbocycles. The van der Waals surface area contributed by atoms with Crippen LogP contribution in [-0.2, 0) is 13.6 Å². The SMILES string of the molecule is CC1C(O[Si](C)(C)C(C)(C)C)C=COC1CO[Si](C)(C)C(C)(C)C. The van der Waals surface area contributed by atoms with Crippen molar-refractivity contribution in [1.82, 2.24) is 0 Å². The van der Waals surface area contributed by atoms with Gasteiger partial charge in [0.2, 0.25) is 0 Å². The fourth-order valence-corrected chi connectivity index (χ4v) is 4.44. The van der Waals surface area contributed by atoms with Crippen LogP contribution in [0.1, 0.15) is 48.5 Å². The van der Waals surface area contributed by atoms with Crippen molar-refractivity contribution in [2.75, 3.05) is 6.61 Å². The van der Waals surface area contributed by atoms with Gasteiger partial charge in [0.15, 0.2) is 16.6 Å². The van der Waals surface area contributed by atoms with Crippen LogP contribution in [0, 0.1) is 5.92 Å². The Morgan fingerprint density at radius 3 is 1.88 bits per heavy atom. The predicted octanol–water partition coefficient (Wildman–Crippen LogP) is 5.95. The van der Waals surface area contributed by atoms with Gasteiger partial charge >= 0.3 is 0 Å². The molecule has 0 radical (unpaired) electrons. The summed E-state index contributed by atoms with van der Waals surface area (Å²) >= 11 is 0. The van der Waals surface area contributed by atoms with Crippen LogP contribution in [0.3, 0.4) is 0 Å². The molecule has 1 aliphatic heterocycles. The van der Waals surface area contributed by atoms with Crippen LogP contribution in [0.5, 0.6) is 0 Å². The molecule has 0 N–H and O–H groups in total. The molecule has 1 rings (SSSR count). The average Bonchev–Trinajstić information content (AvgIpc) is 2.37. The smallest absolute Gasteiger partial charge is 0.192 e. The molecule has 1 aliphatic rings. The van der Waals surface area contributed by atoms with E-state index in [-0.39, 0.29) is 22.3 Å². The molecule has 5 heteroatoms. The van der Waals surface area contributed by atoms with E-state index in [0.717, 1.165) is 0 Å². The van der Waals surface area contributed by atoms with E-state index >= 15 is 0 Å². The van der Waals surface area contributed by atoms with Crippen LogP contribution < -0.4 is 0 Å². The molecule has 0 spiro atoms. The van der Waals surface area contributed by atoms with Crippen molar-refractivity contribution in [3.05, 3.63) is 12.3 Å². The Bertz CT molecular complexity index is 445. The normalized spacial score (nSPS) is 26.4. The van der Waals surface area contributed by atoms with Crippen LogP contribution in [0.2, 0.25) is 36.3 Å². The Kier molecular flexibility index (Phi) is 6.63. The van der Waals surface area contributed by atoms with Crippen LogP contribution in [0.4, 0.5) is 0 Å². The van der Waals surface area contributed by atoms with Gasteiger partial charge in [-0.3, -0.25) is 0 Å². The third-order valence-corrected chi connectivity index (χ3v) is 15.3. The minimum Gasteiger partial charge on any atom is -0.496 e. The van der Waals surface area contributed by atoms with E-state index in [1.807, 2.05) is 6.26 Å². The third kappa shape index (κ3) is 5.19. The predicted molar refractivity (Wildman–Crippen MR) is 108 cm³/mol. The highest BCUT2D eigenvalue weighted by molar-refractivity contribution is 6.74. The molecule has 1 heterocycles. The highest BCUT2D eigenvalue weighted by Crippen LogP contribution is 2.40. The molecule has 0 aliphatic carbocycles. The number of hydrogen-bond donors (Lipinski definition) is 0. The summed E-state index contributed by atoms with van der Waals surface area (Å²) in [6, 6.07) is 0. The average molecular weight is 373 g/mol. The molecular weight excluding hydrogens is 332 g/mol. The number of ether oxygens (including phenoxy) is 1. The molecule has 0 bridgehead atoms. The van der Waals surface area contributed by atoms with Gasteiger partial charge < -0.3 is 13.6 Å². The fourth-order valence-electron chi connectivity index (χ4n) is 2.10. The maximum absolute atomic E-state index is 6.61. The first-order valence-corrected chi connectivity index (χ1v) is 15.0. The molecule has 3 nitrogen and oxygen atoms in total. The van der Waals surface area contributed by atoms with Crippen molar-refractivity contribution in [3.63, 3.8) is 0 Å². The quantitative estimate of drug-likeness (QED) is 0.558. The van der Waals surface area contributed by atoms with E-state index in [2.05, 4.69) is 80.7 Å². The van der Waals surface area contributed by atoms with Gasteiger partial charge in [-0.2, -0.15) is 0 Å². The Hall–Kier alpha value is -0.106. The van der Waals surface area contributed by atoms with Gasteiger partial charge in [-0.1, -0.05) is 48.5 Å². The van der Waals surface area contributed by atoms with E-state index in [1.54, 1.807) is 0 Å². The van der Waals surface area contributed by atoms with E-state index in [4.69, 9.17) is 13.6 Å². The monoisotopic (exact) mass is 372 g/mol. The largest absolute Gasteiger partial charge is 0.496 e. The Balaban J connectivity index is 2.74. The van der Waals surface area contributed by atoms with Gasteiger partial charge in [-0.25, -0.2) is 0 Å². The standard InChI is InChI=1S/C19H40O3Si2/c1-15-16(22-24(10,11)19(5,6)7)12-13-20-17(15)14-21-23(8,9)18(2,3)4/h12-13,15-17H,14H2,1-11H3. The minimum atomic E-state index is -1.79. The molecule has 0 aromatic heterocycles. The maximum atomic E-state index is 6.61. The molecule has 0 amide bonds. The molecular formula is C19H40O3Si2. The highest BCUT2D eigenvalue weighted by atomic mass is 28.4. The lowest BCUT2D eigenvalue weighted by atomic mass is 9.97. The zero-order valence-corrected chi connectivity index (χ0v) is 19.8. The van der Waals surface area contributed by atoms with E-state index in [0.29, 0.717) is 12.5 Å². The molecule has 0 saturated carbocycles. The lowest BCUT2D eigenvalue weighted by Gasteiger charge is -2.43.